The number of sulfonamides is 1. The molecule has 1 saturated heterocycles. The minimum Gasteiger partial charge on any atom is -0.244 e. The minimum absolute atomic E-state index is 0.108. The van der Waals surface area contributed by atoms with E-state index in [4.69, 9.17) is 11.6 Å². The van der Waals surface area contributed by atoms with Crippen molar-refractivity contribution in [2.75, 3.05) is 12.8 Å². The van der Waals surface area contributed by atoms with Crippen LogP contribution in [0.15, 0.2) is 18.3 Å². The Hall–Kier alpha value is -0.650. The van der Waals surface area contributed by atoms with Crippen molar-refractivity contribution < 1.29 is 8.42 Å². The summed E-state index contributed by atoms with van der Waals surface area (Å²) >= 11 is 5.99. The summed E-state index contributed by atoms with van der Waals surface area (Å²) in [6.45, 7) is 0.643. The number of aryl methyl sites for hydroxylation is 1. The van der Waals surface area contributed by atoms with Crippen LogP contribution in [0.3, 0.4) is 0 Å². The SMILES string of the molecule is CS(=O)(=O)N1CCC[C@H]1CCc1cccnc1Cl. The molecule has 2 rings (SSSR count). The summed E-state index contributed by atoms with van der Waals surface area (Å²) in [7, 11) is -3.08. The predicted molar refractivity (Wildman–Crippen MR) is 72.1 cm³/mol. The topological polar surface area (TPSA) is 50.3 Å². The highest BCUT2D eigenvalue weighted by molar-refractivity contribution is 7.88. The molecule has 1 aliphatic heterocycles. The molecule has 0 aliphatic carbocycles. The Morgan fingerprint density at radius 3 is 3.00 bits per heavy atom. The van der Waals surface area contributed by atoms with Crippen LogP contribution < -0.4 is 0 Å². The summed E-state index contributed by atoms with van der Waals surface area (Å²) in [6, 6.07) is 3.90. The molecule has 1 aromatic rings. The maximum absolute atomic E-state index is 11.6. The van der Waals surface area contributed by atoms with Crippen LogP contribution in [0, 0.1) is 0 Å². The second-order valence-electron chi connectivity index (χ2n) is 4.66. The van der Waals surface area contributed by atoms with E-state index >= 15 is 0 Å². The van der Waals surface area contributed by atoms with E-state index in [1.165, 1.54) is 6.26 Å². The monoisotopic (exact) mass is 288 g/mol. The first kappa shape index (κ1) is 13.8. The third kappa shape index (κ3) is 3.22. The molecule has 1 fully saturated rings. The first-order valence-electron chi connectivity index (χ1n) is 6.04. The number of aromatic nitrogens is 1. The first-order valence-corrected chi connectivity index (χ1v) is 8.27. The molecule has 0 saturated carbocycles. The van der Waals surface area contributed by atoms with Gasteiger partial charge in [-0.05, 0) is 37.3 Å². The lowest BCUT2D eigenvalue weighted by atomic mass is 10.1. The fraction of sp³-hybridized carbons (Fsp3) is 0.583. The van der Waals surface area contributed by atoms with E-state index in [0.717, 1.165) is 31.2 Å². The van der Waals surface area contributed by atoms with Gasteiger partial charge in [-0.15, -0.1) is 0 Å². The third-order valence-electron chi connectivity index (χ3n) is 3.33. The Morgan fingerprint density at radius 2 is 2.33 bits per heavy atom. The maximum Gasteiger partial charge on any atom is 0.211 e. The first-order chi connectivity index (χ1) is 8.48. The van der Waals surface area contributed by atoms with Gasteiger partial charge in [0.15, 0.2) is 0 Å². The predicted octanol–water partition coefficient (Wildman–Crippen LogP) is 2.09. The van der Waals surface area contributed by atoms with Crippen molar-refractivity contribution in [2.24, 2.45) is 0 Å². The van der Waals surface area contributed by atoms with Crippen LogP contribution in [0.4, 0.5) is 0 Å². The number of pyridine rings is 1. The molecule has 0 spiro atoms. The smallest absolute Gasteiger partial charge is 0.211 e. The Bertz CT molecular complexity index is 519. The highest BCUT2D eigenvalue weighted by Crippen LogP contribution is 2.25. The Labute approximate surface area is 113 Å². The molecule has 0 N–H and O–H groups in total. The molecule has 0 aromatic carbocycles. The van der Waals surface area contributed by atoms with E-state index in [1.807, 2.05) is 12.1 Å². The van der Waals surface area contributed by atoms with Gasteiger partial charge >= 0.3 is 0 Å². The van der Waals surface area contributed by atoms with Crippen molar-refractivity contribution in [3.8, 4) is 0 Å². The Morgan fingerprint density at radius 1 is 1.56 bits per heavy atom. The molecular weight excluding hydrogens is 272 g/mol. The maximum atomic E-state index is 11.6. The lowest BCUT2D eigenvalue weighted by Crippen LogP contribution is -2.34. The molecule has 18 heavy (non-hydrogen) atoms. The second kappa shape index (κ2) is 5.55. The fourth-order valence-corrected chi connectivity index (χ4v) is 3.89. The molecular formula is C12H17ClN2O2S. The van der Waals surface area contributed by atoms with Crippen molar-refractivity contribution in [1.82, 2.24) is 9.29 Å². The van der Waals surface area contributed by atoms with Crippen LogP contribution in [0.25, 0.3) is 0 Å². The van der Waals surface area contributed by atoms with Crippen LogP contribution in [0.2, 0.25) is 5.15 Å². The summed E-state index contributed by atoms with van der Waals surface area (Å²) in [5.74, 6) is 0. The van der Waals surface area contributed by atoms with Gasteiger partial charge in [-0.25, -0.2) is 13.4 Å². The third-order valence-corrected chi connectivity index (χ3v) is 5.01. The molecule has 0 amide bonds. The van der Waals surface area contributed by atoms with Crippen LogP contribution in [0.5, 0.6) is 0 Å². The van der Waals surface area contributed by atoms with Crippen LogP contribution in [-0.2, 0) is 16.4 Å². The summed E-state index contributed by atoms with van der Waals surface area (Å²) in [5.41, 5.74) is 0.986. The molecule has 1 aromatic heterocycles. The lowest BCUT2D eigenvalue weighted by molar-refractivity contribution is 0.373. The zero-order valence-corrected chi connectivity index (χ0v) is 11.9. The van der Waals surface area contributed by atoms with Gasteiger partial charge in [0.05, 0.1) is 6.26 Å². The van der Waals surface area contributed by atoms with E-state index in [-0.39, 0.29) is 6.04 Å². The lowest BCUT2D eigenvalue weighted by Gasteiger charge is -2.22. The minimum atomic E-state index is -3.08. The molecule has 0 unspecified atom stereocenters. The summed E-state index contributed by atoms with van der Waals surface area (Å²) in [4.78, 5) is 4.03. The van der Waals surface area contributed by atoms with E-state index in [0.29, 0.717) is 11.7 Å². The van der Waals surface area contributed by atoms with Gasteiger partial charge in [-0.2, -0.15) is 4.31 Å². The Balaban J connectivity index is 2.00. The molecule has 0 bridgehead atoms. The molecule has 100 valence electrons. The van der Waals surface area contributed by atoms with Crippen molar-refractivity contribution in [3.05, 3.63) is 29.0 Å². The highest BCUT2D eigenvalue weighted by atomic mass is 35.5. The van der Waals surface area contributed by atoms with Crippen molar-refractivity contribution in [1.29, 1.82) is 0 Å². The molecule has 2 heterocycles. The van der Waals surface area contributed by atoms with E-state index in [9.17, 15) is 8.42 Å². The summed E-state index contributed by atoms with van der Waals surface area (Å²) in [6.07, 6.45) is 6.39. The fourth-order valence-electron chi connectivity index (χ4n) is 2.46. The number of rotatable bonds is 4. The van der Waals surface area contributed by atoms with Gasteiger partial charge in [0.1, 0.15) is 5.15 Å². The van der Waals surface area contributed by atoms with Gasteiger partial charge in [-0.1, -0.05) is 17.7 Å². The van der Waals surface area contributed by atoms with E-state index < -0.39 is 10.0 Å². The zero-order chi connectivity index (χ0) is 13.2. The molecule has 0 radical (unpaired) electrons. The van der Waals surface area contributed by atoms with Crippen molar-refractivity contribution in [2.45, 2.75) is 31.7 Å². The van der Waals surface area contributed by atoms with Gasteiger partial charge in [0, 0.05) is 18.8 Å². The van der Waals surface area contributed by atoms with Gasteiger partial charge in [0.2, 0.25) is 10.0 Å². The molecule has 6 heteroatoms. The average molecular weight is 289 g/mol. The largest absolute Gasteiger partial charge is 0.244 e. The van der Waals surface area contributed by atoms with Gasteiger partial charge < -0.3 is 0 Å². The van der Waals surface area contributed by atoms with Crippen LogP contribution >= 0.6 is 11.6 Å². The summed E-state index contributed by atoms with van der Waals surface area (Å²) in [5, 5.41) is 0.515. The van der Waals surface area contributed by atoms with E-state index in [1.54, 1.807) is 10.5 Å². The quantitative estimate of drug-likeness (QED) is 0.797. The number of nitrogens with zero attached hydrogens (tertiary/aromatic N) is 2. The number of hydrogen-bond donors (Lipinski definition) is 0. The standard InChI is InChI=1S/C12H17ClN2O2S/c1-18(16,17)15-9-3-5-11(15)7-6-10-4-2-8-14-12(10)13/h2,4,8,11H,3,5-7,9H2,1H3/t11-/m0/s1. The Kier molecular flexibility index (Phi) is 4.25. The molecule has 1 atom stereocenters. The molecule has 1 aliphatic rings. The van der Waals surface area contributed by atoms with Crippen LogP contribution in [0.1, 0.15) is 24.8 Å². The van der Waals surface area contributed by atoms with Crippen LogP contribution in [-0.4, -0.2) is 36.5 Å². The highest BCUT2D eigenvalue weighted by Gasteiger charge is 2.30. The van der Waals surface area contributed by atoms with Crippen molar-refractivity contribution >= 4 is 21.6 Å². The number of hydrogen-bond acceptors (Lipinski definition) is 3. The van der Waals surface area contributed by atoms with Gasteiger partial charge in [-0.3, -0.25) is 0 Å². The second-order valence-corrected chi connectivity index (χ2v) is 6.95. The van der Waals surface area contributed by atoms with Crippen molar-refractivity contribution in [3.63, 3.8) is 0 Å². The van der Waals surface area contributed by atoms with Gasteiger partial charge in [0.25, 0.3) is 0 Å². The average Bonchev–Trinajstić information content (AvgIpc) is 2.76. The van der Waals surface area contributed by atoms with E-state index in [2.05, 4.69) is 4.98 Å². The molecule has 4 nitrogen and oxygen atoms in total. The number of halogens is 1. The summed E-state index contributed by atoms with van der Waals surface area (Å²) < 4.78 is 24.8. The zero-order valence-electron chi connectivity index (χ0n) is 10.3. The normalized spacial score (nSPS) is 21.3.